The number of alkyl halides is 2. The lowest BCUT2D eigenvalue weighted by Crippen LogP contribution is -2.40. The lowest BCUT2D eigenvalue weighted by atomic mass is 9.94. The molecule has 1 saturated carbocycles. The highest BCUT2D eigenvalue weighted by Crippen LogP contribution is 2.54. The van der Waals surface area contributed by atoms with Gasteiger partial charge in [-0.1, -0.05) is 0 Å². The number of nitrogens with one attached hydrogen (secondary N) is 1. The summed E-state index contributed by atoms with van der Waals surface area (Å²) in [5.41, 5.74) is 1.66. The molecule has 5 heterocycles. The molecule has 0 amide bonds. The van der Waals surface area contributed by atoms with Crippen LogP contribution in [0.15, 0.2) is 16.7 Å². The fourth-order valence-corrected chi connectivity index (χ4v) is 6.02. The summed E-state index contributed by atoms with van der Waals surface area (Å²) < 4.78 is 60.2. The van der Waals surface area contributed by atoms with Gasteiger partial charge in [-0.3, -0.25) is 4.72 Å². The van der Waals surface area contributed by atoms with Crippen LogP contribution in [0.4, 0.5) is 26.4 Å². The van der Waals surface area contributed by atoms with Gasteiger partial charge in [0.2, 0.25) is 16.0 Å². The third kappa shape index (κ3) is 6.07. The van der Waals surface area contributed by atoms with Crippen molar-refractivity contribution in [3.05, 3.63) is 18.0 Å². The molecule has 13 nitrogen and oxygen atoms in total. The van der Waals surface area contributed by atoms with E-state index in [1.165, 1.54) is 19.0 Å². The smallest absolute Gasteiger partial charge is 0.270 e. The minimum absolute atomic E-state index is 0.0202. The van der Waals surface area contributed by atoms with Crippen molar-refractivity contribution in [3.8, 4) is 23.2 Å². The van der Waals surface area contributed by atoms with Crippen LogP contribution in [0.3, 0.4) is 0 Å². The van der Waals surface area contributed by atoms with Crippen LogP contribution in [0, 0.1) is 12.3 Å². The topological polar surface area (TPSA) is 163 Å². The van der Waals surface area contributed by atoms with Crippen LogP contribution < -0.4 is 14.5 Å². The molecule has 0 unspecified atom stereocenters. The van der Waals surface area contributed by atoms with E-state index in [2.05, 4.69) is 34.9 Å². The van der Waals surface area contributed by atoms with Gasteiger partial charge in [0.25, 0.3) is 17.7 Å². The zero-order chi connectivity index (χ0) is 28.8. The van der Waals surface area contributed by atoms with Crippen LogP contribution in [0.25, 0.3) is 23.2 Å². The molecule has 3 aromatic heterocycles. The van der Waals surface area contributed by atoms with Crippen LogP contribution in [0.1, 0.15) is 44.2 Å². The predicted octanol–water partition coefficient (Wildman–Crippen LogP) is 2.64. The Morgan fingerprint density at radius 1 is 0.976 bits per heavy atom. The molecule has 2 aliphatic heterocycles. The van der Waals surface area contributed by atoms with Crippen molar-refractivity contribution in [1.82, 2.24) is 30.1 Å². The second kappa shape index (κ2) is 10.4. The number of piperidine rings is 2. The first kappa shape index (κ1) is 27.6. The SMILES string of the molecule is Cc1cc(-c2nnc(-c3ncc(NS(=O)(=O)CCO)nc3N3CCC4(CC3)CC4)o2)nc(N2CCC(F)(F)CC2)n1. The summed E-state index contributed by atoms with van der Waals surface area (Å²) in [5, 5.41) is 17.4. The second-order valence-electron chi connectivity index (χ2n) is 11.0. The van der Waals surface area contributed by atoms with Crippen molar-refractivity contribution in [2.24, 2.45) is 5.41 Å². The van der Waals surface area contributed by atoms with Gasteiger partial charge in [-0.2, -0.15) is 0 Å². The van der Waals surface area contributed by atoms with Crippen LogP contribution in [0.5, 0.6) is 0 Å². The molecular formula is C25H31F2N9O4S. The maximum absolute atomic E-state index is 13.7. The maximum Gasteiger partial charge on any atom is 0.270 e. The molecule has 6 rings (SSSR count). The lowest BCUT2D eigenvalue weighted by molar-refractivity contribution is -0.0222. The highest BCUT2D eigenvalue weighted by Gasteiger charge is 2.45. The number of aliphatic hydroxyl groups is 1. The average molecular weight is 592 g/mol. The van der Waals surface area contributed by atoms with E-state index in [1.807, 2.05) is 4.90 Å². The number of aryl methyl sites for hydroxylation is 1. The Bertz CT molecular complexity index is 1530. The fourth-order valence-electron chi connectivity index (χ4n) is 5.26. The van der Waals surface area contributed by atoms with Gasteiger partial charge >= 0.3 is 0 Å². The zero-order valence-electron chi connectivity index (χ0n) is 22.6. The number of aliphatic hydroxyl groups excluding tert-OH is 1. The molecule has 0 bridgehead atoms. The van der Waals surface area contributed by atoms with Gasteiger partial charge in [0.1, 0.15) is 5.69 Å². The molecule has 220 valence electrons. The highest BCUT2D eigenvalue weighted by atomic mass is 32.2. The number of halogens is 2. The minimum atomic E-state index is -3.81. The molecule has 41 heavy (non-hydrogen) atoms. The van der Waals surface area contributed by atoms with Gasteiger partial charge in [-0.25, -0.2) is 37.1 Å². The Balaban J connectivity index is 1.30. The molecule has 3 aliphatic rings. The number of sulfonamides is 1. The largest absolute Gasteiger partial charge is 0.413 e. The Labute approximate surface area is 235 Å². The Kier molecular flexibility index (Phi) is 7.00. The Hall–Kier alpha value is -3.53. The summed E-state index contributed by atoms with van der Waals surface area (Å²) >= 11 is 0. The van der Waals surface area contributed by atoms with Crippen molar-refractivity contribution >= 4 is 27.6 Å². The Morgan fingerprint density at radius 2 is 1.66 bits per heavy atom. The van der Waals surface area contributed by atoms with Gasteiger partial charge in [0.05, 0.1) is 18.6 Å². The third-order valence-corrected chi connectivity index (χ3v) is 9.16. The van der Waals surface area contributed by atoms with Crippen molar-refractivity contribution in [2.75, 3.05) is 53.1 Å². The molecule has 0 aromatic carbocycles. The average Bonchev–Trinajstić information content (AvgIpc) is 3.48. The van der Waals surface area contributed by atoms with E-state index in [4.69, 9.17) is 9.52 Å². The normalized spacial score (nSPS) is 19.9. The number of nitrogens with zero attached hydrogens (tertiary/aromatic N) is 8. The first-order chi connectivity index (χ1) is 19.5. The lowest BCUT2D eigenvalue weighted by Gasteiger charge is -2.33. The maximum atomic E-state index is 13.7. The van der Waals surface area contributed by atoms with Crippen molar-refractivity contribution in [1.29, 1.82) is 0 Å². The minimum Gasteiger partial charge on any atom is -0.413 e. The van der Waals surface area contributed by atoms with Gasteiger partial charge in [0.15, 0.2) is 17.3 Å². The summed E-state index contributed by atoms with van der Waals surface area (Å²) in [6.45, 7) is 2.96. The first-order valence-corrected chi connectivity index (χ1v) is 15.3. The van der Waals surface area contributed by atoms with Gasteiger partial charge in [-0.05, 0) is 44.1 Å². The van der Waals surface area contributed by atoms with E-state index in [0.717, 1.165) is 25.9 Å². The van der Waals surface area contributed by atoms with Crippen molar-refractivity contribution in [2.45, 2.75) is 51.4 Å². The monoisotopic (exact) mass is 591 g/mol. The van der Waals surface area contributed by atoms with Crippen LogP contribution in [-0.4, -0.2) is 88.1 Å². The summed E-state index contributed by atoms with van der Waals surface area (Å²) in [4.78, 5) is 21.7. The van der Waals surface area contributed by atoms with E-state index in [0.29, 0.717) is 34.3 Å². The first-order valence-electron chi connectivity index (χ1n) is 13.6. The molecule has 2 saturated heterocycles. The summed E-state index contributed by atoms with van der Waals surface area (Å²) in [5.74, 6) is -2.23. The van der Waals surface area contributed by atoms with E-state index in [-0.39, 0.29) is 43.5 Å². The van der Waals surface area contributed by atoms with Gasteiger partial charge in [0, 0.05) is 44.7 Å². The molecule has 1 aliphatic carbocycles. The summed E-state index contributed by atoms with van der Waals surface area (Å²) in [7, 11) is -3.81. The molecule has 3 aromatic rings. The van der Waals surface area contributed by atoms with Crippen LogP contribution in [0.2, 0.25) is 0 Å². The predicted molar refractivity (Wildman–Crippen MR) is 145 cm³/mol. The molecule has 0 radical (unpaired) electrons. The van der Waals surface area contributed by atoms with E-state index < -0.39 is 28.3 Å². The van der Waals surface area contributed by atoms with Crippen LogP contribution in [-0.2, 0) is 10.0 Å². The summed E-state index contributed by atoms with van der Waals surface area (Å²) in [6, 6.07) is 1.67. The highest BCUT2D eigenvalue weighted by molar-refractivity contribution is 7.92. The second-order valence-corrected chi connectivity index (χ2v) is 12.9. The number of aromatic nitrogens is 6. The Morgan fingerprint density at radius 3 is 2.34 bits per heavy atom. The standard InChI is InChI=1S/C25H31F2N9O4S/c1-16-14-17(30-23(29-16)36-10-6-25(26,27)7-11-36)21-32-33-22(40-21)19-20(35-8-4-24(2-3-24)5-9-35)31-18(15-28-19)34-41(38,39)13-12-37/h14-15,37H,2-13H2,1H3,(H,31,34). The van der Waals surface area contributed by atoms with E-state index in [1.54, 1.807) is 17.9 Å². The number of hydrogen-bond donors (Lipinski definition) is 2. The van der Waals surface area contributed by atoms with Crippen molar-refractivity contribution in [3.63, 3.8) is 0 Å². The molecule has 1 spiro atoms. The number of rotatable bonds is 8. The number of hydrogen-bond acceptors (Lipinski definition) is 12. The molecule has 16 heteroatoms. The van der Waals surface area contributed by atoms with Crippen LogP contribution >= 0.6 is 0 Å². The molecule has 2 N–H and O–H groups in total. The molecule has 3 fully saturated rings. The van der Waals surface area contributed by atoms with Gasteiger partial charge < -0.3 is 19.3 Å². The van der Waals surface area contributed by atoms with E-state index >= 15 is 0 Å². The fraction of sp³-hybridized carbons (Fsp3) is 0.600. The summed E-state index contributed by atoms with van der Waals surface area (Å²) in [6.07, 6.45) is 5.15. The zero-order valence-corrected chi connectivity index (χ0v) is 23.4. The van der Waals surface area contributed by atoms with E-state index in [9.17, 15) is 17.2 Å². The number of anilines is 3. The third-order valence-electron chi connectivity index (χ3n) is 7.92. The van der Waals surface area contributed by atoms with Crippen molar-refractivity contribution < 1.29 is 26.7 Å². The molecular weight excluding hydrogens is 560 g/mol. The quantitative estimate of drug-likeness (QED) is 0.394. The van der Waals surface area contributed by atoms with Gasteiger partial charge in [-0.15, -0.1) is 10.2 Å². The molecule has 0 atom stereocenters.